The van der Waals surface area contributed by atoms with Crippen LogP contribution in [0, 0.1) is 0 Å². The summed E-state index contributed by atoms with van der Waals surface area (Å²) in [5.74, 6) is -0.750. The van der Waals surface area contributed by atoms with Gasteiger partial charge in [0.05, 0.1) is 0 Å². The van der Waals surface area contributed by atoms with Crippen molar-refractivity contribution in [2.24, 2.45) is 0 Å². The maximum absolute atomic E-state index is 11.9. The summed E-state index contributed by atoms with van der Waals surface area (Å²) in [6.07, 6.45) is 0.851. The minimum Gasteiger partial charge on any atom is -0.481 e. The summed E-state index contributed by atoms with van der Waals surface area (Å²) >= 11 is 1.71. The molecular weight excluding hydrogens is 276 g/mol. The van der Waals surface area contributed by atoms with Crippen LogP contribution in [0.15, 0.2) is 16.8 Å². The second kappa shape index (κ2) is 7.40. The molecule has 110 valence electrons. The molecule has 5 nitrogen and oxygen atoms in total. The van der Waals surface area contributed by atoms with Gasteiger partial charge in [0.25, 0.3) is 0 Å². The number of amides is 1. The van der Waals surface area contributed by atoms with E-state index in [0.29, 0.717) is 12.8 Å². The molecule has 0 spiro atoms. The number of carboxylic acids is 1. The number of aliphatic carboxylic acids is 1. The predicted octanol–water partition coefficient (Wildman–Crippen LogP) is 1.65. The van der Waals surface area contributed by atoms with Crippen molar-refractivity contribution in [3.63, 3.8) is 0 Å². The summed E-state index contributed by atoms with van der Waals surface area (Å²) in [4.78, 5) is 26.5. The lowest BCUT2D eigenvalue weighted by Crippen LogP contribution is -2.48. The molecule has 0 aromatic carbocycles. The molecule has 6 heteroatoms. The van der Waals surface area contributed by atoms with Gasteiger partial charge in [-0.3, -0.25) is 14.5 Å². The second-order valence-corrected chi connectivity index (χ2v) is 5.82. The summed E-state index contributed by atoms with van der Waals surface area (Å²) in [5.41, 5.74) is 1.33. The van der Waals surface area contributed by atoms with E-state index in [1.165, 1.54) is 5.56 Å². The lowest BCUT2D eigenvalue weighted by molar-refractivity contribution is -0.137. The van der Waals surface area contributed by atoms with E-state index in [0.717, 1.165) is 32.7 Å². The number of hydrogen-bond acceptors (Lipinski definition) is 4. The highest BCUT2D eigenvalue weighted by Crippen LogP contribution is 2.12. The molecule has 1 N–H and O–H groups in total. The van der Waals surface area contributed by atoms with Gasteiger partial charge >= 0.3 is 5.97 Å². The van der Waals surface area contributed by atoms with E-state index >= 15 is 0 Å². The van der Waals surface area contributed by atoms with Gasteiger partial charge in [-0.25, -0.2) is 0 Å². The van der Waals surface area contributed by atoms with Crippen molar-refractivity contribution in [3.8, 4) is 0 Å². The molecule has 1 fully saturated rings. The van der Waals surface area contributed by atoms with E-state index in [-0.39, 0.29) is 12.3 Å². The van der Waals surface area contributed by atoms with Gasteiger partial charge in [-0.1, -0.05) is 0 Å². The molecule has 2 heterocycles. The minimum absolute atomic E-state index is 0.0733. The Morgan fingerprint density at radius 2 is 1.95 bits per heavy atom. The number of rotatable bonds is 6. The van der Waals surface area contributed by atoms with E-state index in [4.69, 9.17) is 5.11 Å². The van der Waals surface area contributed by atoms with Crippen molar-refractivity contribution in [2.75, 3.05) is 26.2 Å². The molecule has 2 rings (SSSR count). The molecule has 0 aliphatic carbocycles. The first-order valence-corrected chi connectivity index (χ1v) is 7.82. The fourth-order valence-electron chi connectivity index (χ4n) is 2.35. The lowest BCUT2D eigenvalue weighted by atomic mass is 10.2. The Bertz CT molecular complexity index is 439. The van der Waals surface area contributed by atoms with Crippen molar-refractivity contribution in [1.29, 1.82) is 0 Å². The largest absolute Gasteiger partial charge is 0.481 e. The molecule has 1 saturated heterocycles. The van der Waals surface area contributed by atoms with Gasteiger partial charge in [-0.15, -0.1) is 0 Å². The Labute approximate surface area is 122 Å². The highest BCUT2D eigenvalue weighted by atomic mass is 32.1. The Morgan fingerprint density at radius 1 is 1.20 bits per heavy atom. The number of piperazine rings is 1. The SMILES string of the molecule is O=C(O)CCCC(=O)N1CCN(Cc2ccsc2)CC1. The van der Waals surface area contributed by atoms with Crippen LogP contribution in [0.4, 0.5) is 0 Å². The molecule has 0 bridgehead atoms. The van der Waals surface area contributed by atoms with Crippen molar-refractivity contribution >= 4 is 23.2 Å². The average Bonchev–Trinajstić information content (AvgIpc) is 2.92. The first-order chi connectivity index (χ1) is 9.65. The average molecular weight is 296 g/mol. The third-order valence-corrected chi connectivity index (χ3v) is 4.22. The van der Waals surface area contributed by atoms with E-state index in [9.17, 15) is 9.59 Å². The van der Waals surface area contributed by atoms with Crippen LogP contribution in [0.2, 0.25) is 0 Å². The third-order valence-electron chi connectivity index (χ3n) is 3.49. The number of carbonyl (C=O) groups is 2. The summed E-state index contributed by atoms with van der Waals surface area (Å²) in [7, 11) is 0. The number of hydrogen-bond donors (Lipinski definition) is 1. The van der Waals surface area contributed by atoms with E-state index < -0.39 is 5.97 Å². The quantitative estimate of drug-likeness (QED) is 0.867. The van der Waals surface area contributed by atoms with Crippen LogP contribution in [-0.2, 0) is 16.1 Å². The topological polar surface area (TPSA) is 60.9 Å². The first-order valence-electron chi connectivity index (χ1n) is 6.88. The van der Waals surface area contributed by atoms with Gasteiger partial charge in [-0.05, 0) is 28.8 Å². The van der Waals surface area contributed by atoms with Gasteiger partial charge in [-0.2, -0.15) is 11.3 Å². The van der Waals surface area contributed by atoms with Gasteiger partial charge in [0.2, 0.25) is 5.91 Å². The van der Waals surface area contributed by atoms with Gasteiger partial charge in [0.1, 0.15) is 0 Å². The molecule has 0 unspecified atom stereocenters. The monoisotopic (exact) mass is 296 g/mol. The van der Waals surface area contributed by atoms with Gasteiger partial charge in [0.15, 0.2) is 0 Å². The predicted molar refractivity (Wildman–Crippen MR) is 77.7 cm³/mol. The molecule has 1 aliphatic rings. The second-order valence-electron chi connectivity index (χ2n) is 5.04. The van der Waals surface area contributed by atoms with Crippen molar-refractivity contribution < 1.29 is 14.7 Å². The maximum Gasteiger partial charge on any atom is 0.303 e. The number of thiophene rings is 1. The van der Waals surface area contributed by atoms with Gasteiger partial charge < -0.3 is 10.0 Å². The van der Waals surface area contributed by atoms with Gasteiger partial charge in [0, 0.05) is 45.6 Å². The molecule has 0 saturated carbocycles. The standard InChI is InChI=1S/C14H20N2O3S/c17-13(2-1-3-14(18)19)16-7-5-15(6-8-16)10-12-4-9-20-11-12/h4,9,11H,1-3,5-8,10H2,(H,18,19). The molecule has 0 radical (unpaired) electrons. The third kappa shape index (κ3) is 4.61. The van der Waals surface area contributed by atoms with E-state index in [1.54, 1.807) is 11.3 Å². The molecule has 1 aliphatic heterocycles. The zero-order valence-corrected chi connectivity index (χ0v) is 12.3. The van der Waals surface area contributed by atoms with Crippen molar-refractivity contribution in [3.05, 3.63) is 22.4 Å². The Kier molecular flexibility index (Phi) is 5.55. The number of nitrogens with zero attached hydrogens (tertiary/aromatic N) is 2. The zero-order valence-electron chi connectivity index (χ0n) is 11.5. The van der Waals surface area contributed by atoms with Crippen LogP contribution in [-0.4, -0.2) is 53.0 Å². The van der Waals surface area contributed by atoms with Crippen LogP contribution in [0.25, 0.3) is 0 Å². The van der Waals surface area contributed by atoms with Crippen LogP contribution in [0.3, 0.4) is 0 Å². The summed E-state index contributed by atoms with van der Waals surface area (Å²) in [5, 5.41) is 12.8. The normalized spacial score (nSPS) is 16.3. The fraction of sp³-hybridized carbons (Fsp3) is 0.571. The number of carbonyl (C=O) groups excluding carboxylic acids is 1. The maximum atomic E-state index is 11.9. The Balaban J connectivity index is 1.68. The molecule has 0 atom stereocenters. The van der Waals surface area contributed by atoms with Crippen LogP contribution in [0.1, 0.15) is 24.8 Å². The van der Waals surface area contributed by atoms with Crippen LogP contribution < -0.4 is 0 Å². The first kappa shape index (κ1) is 15.0. The molecule has 20 heavy (non-hydrogen) atoms. The Morgan fingerprint density at radius 3 is 2.55 bits per heavy atom. The highest BCUT2D eigenvalue weighted by molar-refractivity contribution is 7.07. The van der Waals surface area contributed by atoms with Crippen molar-refractivity contribution in [1.82, 2.24) is 9.80 Å². The highest BCUT2D eigenvalue weighted by Gasteiger charge is 2.20. The molecular formula is C14H20N2O3S. The smallest absolute Gasteiger partial charge is 0.303 e. The summed E-state index contributed by atoms with van der Waals surface area (Å²) < 4.78 is 0. The van der Waals surface area contributed by atoms with Crippen molar-refractivity contribution in [2.45, 2.75) is 25.8 Å². The lowest BCUT2D eigenvalue weighted by Gasteiger charge is -2.34. The molecule has 1 aromatic heterocycles. The van der Waals surface area contributed by atoms with Crippen LogP contribution in [0.5, 0.6) is 0 Å². The summed E-state index contributed by atoms with van der Waals surface area (Å²) in [6, 6.07) is 2.13. The van der Waals surface area contributed by atoms with Crippen LogP contribution >= 0.6 is 11.3 Å². The molecule has 1 aromatic rings. The summed E-state index contributed by atoms with van der Waals surface area (Å²) in [6.45, 7) is 4.22. The fourth-order valence-corrected chi connectivity index (χ4v) is 3.00. The Hall–Kier alpha value is -1.40. The zero-order chi connectivity index (χ0) is 14.4. The minimum atomic E-state index is -0.835. The number of carboxylic acid groups (broad SMARTS) is 1. The van der Waals surface area contributed by atoms with E-state index in [1.807, 2.05) is 4.90 Å². The molecule has 1 amide bonds. The van der Waals surface area contributed by atoms with E-state index in [2.05, 4.69) is 21.7 Å².